The van der Waals surface area contributed by atoms with Gasteiger partial charge in [0.1, 0.15) is 5.75 Å². The number of nitrogens with two attached hydrogens (primary N) is 1. The van der Waals surface area contributed by atoms with Gasteiger partial charge in [0, 0.05) is 6.04 Å². The van der Waals surface area contributed by atoms with Gasteiger partial charge in [-0.1, -0.05) is 30.1 Å². The number of benzene rings is 1. The summed E-state index contributed by atoms with van der Waals surface area (Å²) in [7, 11) is 1.64. The van der Waals surface area contributed by atoms with Crippen molar-refractivity contribution in [3.63, 3.8) is 0 Å². The quantitative estimate of drug-likeness (QED) is 0.930. The highest BCUT2D eigenvalue weighted by Crippen LogP contribution is 2.33. The maximum atomic E-state index is 6.16. The monoisotopic (exact) mass is 273 g/mol. The second-order valence-corrected chi connectivity index (χ2v) is 5.21. The Morgan fingerprint density at radius 1 is 1.25 bits per heavy atom. The van der Waals surface area contributed by atoms with Gasteiger partial charge in [0.05, 0.1) is 18.6 Å². The maximum Gasteiger partial charge on any atom is 0.231 e. The van der Waals surface area contributed by atoms with Crippen LogP contribution in [0.4, 0.5) is 0 Å². The van der Waals surface area contributed by atoms with Gasteiger partial charge in [-0.2, -0.15) is 4.98 Å². The van der Waals surface area contributed by atoms with Gasteiger partial charge in [-0.05, 0) is 25.0 Å². The Balaban J connectivity index is 1.90. The highest BCUT2D eigenvalue weighted by molar-refractivity contribution is 5.63. The number of para-hydroxylation sites is 1. The van der Waals surface area contributed by atoms with Crippen LogP contribution in [0.3, 0.4) is 0 Å². The second kappa shape index (κ2) is 5.63. The van der Waals surface area contributed by atoms with E-state index >= 15 is 0 Å². The summed E-state index contributed by atoms with van der Waals surface area (Å²) in [6, 6.07) is 7.78. The molecule has 106 valence electrons. The number of ether oxygens (including phenoxy) is 1. The predicted octanol–water partition coefficient (Wildman–Crippen LogP) is 2.73. The Morgan fingerprint density at radius 3 is 2.85 bits per heavy atom. The third-order valence-corrected chi connectivity index (χ3v) is 3.93. The molecule has 20 heavy (non-hydrogen) atoms. The van der Waals surface area contributed by atoms with E-state index in [2.05, 4.69) is 10.1 Å². The van der Waals surface area contributed by atoms with E-state index in [-0.39, 0.29) is 12.0 Å². The largest absolute Gasteiger partial charge is 0.496 e. The van der Waals surface area contributed by atoms with Crippen LogP contribution in [0.2, 0.25) is 0 Å². The minimum atomic E-state index is 0.120. The van der Waals surface area contributed by atoms with Crippen LogP contribution in [-0.4, -0.2) is 23.3 Å². The smallest absolute Gasteiger partial charge is 0.231 e. The van der Waals surface area contributed by atoms with Crippen molar-refractivity contribution in [2.75, 3.05) is 7.11 Å². The van der Waals surface area contributed by atoms with Crippen LogP contribution < -0.4 is 10.5 Å². The van der Waals surface area contributed by atoms with Gasteiger partial charge in [-0.25, -0.2) is 0 Å². The second-order valence-electron chi connectivity index (χ2n) is 5.21. The third kappa shape index (κ3) is 2.41. The molecule has 0 aliphatic heterocycles. The SMILES string of the molecule is COc1ccccc1-c1noc(C2CCCCC2N)n1. The standard InChI is InChI=1S/C15H19N3O2/c1-19-13-9-5-3-7-11(13)14-17-15(20-18-14)10-6-2-4-8-12(10)16/h3,5,7,9-10,12H,2,4,6,8,16H2,1H3. The van der Waals surface area contributed by atoms with Crippen LogP contribution in [0.25, 0.3) is 11.4 Å². The van der Waals surface area contributed by atoms with Crippen molar-refractivity contribution in [2.24, 2.45) is 5.73 Å². The molecule has 0 bridgehead atoms. The molecular weight excluding hydrogens is 254 g/mol. The lowest BCUT2D eigenvalue weighted by Crippen LogP contribution is -2.31. The molecule has 1 saturated carbocycles. The van der Waals surface area contributed by atoms with Crippen LogP contribution in [0.5, 0.6) is 5.75 Å². The molecule has 0 saturated heterocycles. The maximum absolute atomic E-state index is 6.16. The molecule has 2 N–H and O–H groups in total. The van der Waals surface area contributed by atoms with Gasteiger partial charge in [0.25, 0.3) is 0 Å². The molecule has 2 aromatic rings. The Morgan fingerprint density at radius 2 is 2.05 bits per heavy atom. The molecule has 1 aromatic carbocycles. The molecule has 0 spiro atoms. The van der Waals surface area contributed by atoms with E-state index in [1.165, 1.54) is 12.8 Å². The number of hydrogen-bond acceptors (Lipinski definition) is 5. The van der Waals surface area contributed by atoms with Crippen molar-refractivity contribution >= 4 is 0 Å². The van der Waals surface area contributed by atoms with E-state index in [0.717, 1.165) is 24.2 Å². The minimum Gasteiger partial charge on any atom is -0.496 e. The molecular formula is C15H19N3O2. The van der Waals surface area contributed by atoms with E-state index in [1.807, 2.05) is 24.3 Å². The molecule has 2 unspecified atom stereocenters. The summed E-state index contributed by atoms with van der Waals surface area (Å²) in [4.78, 5) is 4.53. The summed E-state index contributed by atoms with van der Waals surface area (Å²) in [6.45, 7) is 0. The first-order chi connectivity index (χ1) is 9.79. The molecule has 1 aliphatic rings. The Labute approximate surface area is 118 Å². The normalized spacial score (nSPS) is 22.7. The van der Waals surface area contributed by atoms with E-state index in [9.17, 15) is 0 Å². The first kappa shape index (κ1) is 13.1. The molecule has 3 rings (SSSR count). The predicted molar refractivity (Wildman–Crippen MR) is 75.5 cm³/mol. The molecule has 0 amide bonds. The van der Waals surface area contributed by atoms with Gasteiger partial charge in [0.15, 0.2) is 0 Å². The summed E-state index contributed by atoms with van der Waals surface area (Å²) >= 11 is 0. The van der Waals surface area contributed by atoms with Crippen LogP contribution >= 0.6 is 0 Å². The van der Waals surface area contributed by atoms with Crippen molar-refractivity contribution in [1.82, 2.24) is 10.1 Å². The fraction of sp³-hybridized carbons (Fsp3) is 0.467. The van der Waals surface area contributed by atoms with E-state index in [4.69, 9.17) is 15.0 Å². The summed E-state index contributed by atoms with van der Waals surface area (Å²) in [6.07, 6.45) is 4.40. The van der Waals surface area contributed by atoms with Crippen molar-refractivity contribution < 1.29 is 9.26 Å². The molecule has 1 aromatic heterocycles. The van der Waals surface area contributed by atoms with Crippen LogP contribution in [0.1, 0.15) is 37.5 Å². The molecule has 0 radical (unpaired) electrons. The zero-order valence-corrected chi connectivity index (χ0v) is 11.6. The van der Waals surface area contributed by atoms with Crippen LogP contribution in [0, 0.1) is 0 Å². The number of aromatic nitrogens is 2. The molecule has 5 heteroatoms. The molecule has 1 aliphatic carbocycles. The summed E-state index contributed by atoms with van der Waals surface area (Å²) in [5.41, 5.74) is 7.00. The molecule has 2 atom stereocenters. The van der Waals surface area contributed by atoms with Gasteiger partial charge in [-0.3, -0.25) is 0 Å². The van der Waals surface area contributed by atoms with Crippen LogP contribution in [0.15, 0.2) is 28.8 Å². The summed E-state index contributed by atoms with van der Waals surface area (Å²) in [5.74, 6) is 2.14. The number of methoxy groups -OCH3 is 1. The van der Waals surface area contributed by atoms with E-state index in [0.29, 0.717) is 11.7 Å². The fourth-order valence-corrected chi connectivity index (χ4v) is 2.79. The average Bonchev–Trinajstić information content (AvgIpc) is 2.97. The van der Waals surface area contributed by atoms with Gasteiger partial charge in [-0.15, -0.1) is 0 Å². The first-order valence-corrected chi connectivity index (χ1v) is 7.02. The number of rotatable bonds is 3. The molecule has 1 heterocycles. The van der Waals surface area contributed by atoms with Crippen molar-refractivity contribution in [2.45, 2.75) is 37.6 Å². The summed E-state index contributed by atoms with van der Waals surface area (Å²) < 4.78 is 10.8. The highest BCUT2D eigenvalue weighted by atomic mass is 16.5. The fourth-order valence-electron chi connectivity index (χ4n) is 2.79. The first-order valence-electron chi connectivity index (χ1n) is 7.02. The third-order valence-electron chi connectivity index (χ3n) is 3.93. The van der Waals surface area contributed by atoms with Crippen LogP contribution in [-0.2, 0) is 0 Å². The van der Waals surface area contributed by atoms with Crippen molar-refractivity contribution in [1.29, 1.82) is 0 Å². The van der Waals surface area contributed by atoms with Gasteiger partial charge in [0.2, 0.25) is 11.7 Å². The summed E-state index contributed by atoms with van der Waals surface area (Å²) in [5, 5.41) is 4.08. The van der Waals surface area contributed by atoms with Gasteiger partial charge >= 0.3 is 0 Å². The molecule has 5 nitrogen and oxygen atoms in total. The topological polar surface area (TPSA) is 74.2 Å². The number of hydrogen-bond donors (Lipinski definition) is 1. The zero-order valence-electron chi connectivity index (χ0n) is 11.6. The minimum absolute atomic E-state index is 0.120. The highest BCUT2D eigenvalue weighted by Gasteiger charge is 2.28. The Kier molecular flexibility index (Phi) is 3.69. The average molecular weight is 273 g/mol. The Bertz CT molecular complexity index is 582. The van der Waals surface area contributed by atoms with Gasteiger partial charge < -0.3 is 15.0 Å². The van der Waals surface area contributed by atoms with E-state index in [1.54, 1.807) is 7.11 Å². The Hall–Kier alpha value is -1.88. The lowest BCUT2D eigenvalue weighted by molar-refractivity contribution is 0.290. The lowest BCUT2D eigenvalue weighted by Gasteiger charge is -2.25. The van der Waals surface area contributed by atoms with Crippen molar-refractivity contribution in [3.05, 3.63) is 30.2 Å². The number of nitrogens with zero attached hydrogens (tertiary/aromatic N) is 2. The van der Waals surface area contributed by atoms with Crippen molar-refractivity contribution in [3.8, 4) is 17.1 Å². The zero-order chi connectivity index (χ0) is 13.9. The lowest BCUT2D eigenvalue weighted by atomic mass is 9.85. The molecule has 1 fully saturated rings. The van der Waals surface area contributed by atoms with E-state index < -0.39 is 0 Å².